The molecule has 2 N–H and O–H groups in total. The normalized spacial score (nSPS) is 9.62. The number of methoxy groups -OCH3 is 1. The Balaban J connectivity index is 2.34. The third-order valence-electron chi connectivity index (χ3n) is 2.00. The number of benzene rings is 1. The Bertz CT molecular complexity index is 318. The molecular weight excluding hydrogens is 222 g/mol. The quantitative estimate of drug-likeness (QED) is 0.458. The highest BCUT2D eigenvalue weighted by atomic mass is 32.1. The Morgan fingerprint density at radius 1 is 1.38 bits per heavy atom. The molecule has 1 rings (SSSR count). The van der Waals surface area contributed by atoms with Crippen LogP contribution in [0.3, 0.4) is 0 Å². The predicted molar refractivity (Wildman–Crippen MR) is 70.5 cm³/mol. The standard InChI is InChI=1S/C11H17N3OS/c1-14(10-6-4-3-5-7-10)13-11(16)12-8-9-15-2/h3-7H,8-9H2,1-2H3,(H2,12,13,16). The number of ether oxygens (including phenoxy) is 1. The van der Waals surface area contributed by atoms with E-state index in [2.05, 4.69) is 10.7 Å². The molecule has 0 aliphatic carbocycles. The summed E-state index contributed by atoms with van der Waals surface area (Å²) in [6.07, 6.45) is 0. The lowest BCUT2D eigenvalue weighted by Crippen LogP contribution is -2.46. The van der Waals surface area contributed by atoms with Gasteiger partial charge in [0.25, 0.3) is 0 Å². The maximum absolute atomic E-state index is 5.12. The van der Waals surface area contributed by atoms with E-state index in [9.17, 15) is 0 Å². The van der Waals surface area contributed by atoms with Crippen LogP contribution in [0.15, 0.2) is 30.3 Å². The summed E-state index contributed by atoms with van der Waals surface area (Å²) in [7, 11) is 3.58. The van der Waals surface area contributed by atoms with Gasteiger partial charge in [-0.2, -0.15) is 0 Å². The molecular formula is C11H17N3OS. The minimum Gasteiger partial charge on any atom is -0.383 e. The highest BCUT2D eigenvalue weighted by molar-refractivity contribution is 7.80. The van der Waals surface area contributed by atoms with E-state index >= 15 is 0 Å². The van der Waals surface area contributed by atoms with Gasteiger partial charge in [0, 0.05) is 20.7 Å². The van der Waals surface area contributed by atoms with Gasteiger partial charge in [-0.1, -0.05) is 18.2 Å². The first-order valence-corrected chi connectivity index (χ1v) is 5.47. The molecule has 0 aliphatic heterocycles. The van der Waals surface area contributed by atoms with Crippen LogP contribution in [-0.2, 0) is 4.74 Å². The summed E-state index contributed by atoms with van der Waals surface area (Å²) in [5.41, 5.74) is 4.11. The molecule has 0 saturated heterocycles. The summed E-state index contributed by atoms with van der Waals surface area (Å²) in [4.78, 5) is 0. The van der Waals surface area contributed by atoms with E-state index in [1.54, 1.807) is 7.11 Å². The highest BCUT2D eigenvalue weighted by Crippen LogP contribution is 2.07. The number of nitrogens with one attached hydrogen (secondary N) is 2. The van der Waals surface area contributed by atoms with Crippen LogP contribution in [0.25, 0.3) is 0 Å². The van der Waals surface area contributed by atoms with Crippen molar-refractivity contribution in [3.05, 3.63) is 30.3 Å². The van der Waals surface area contributed by atoms with Crippen LogP contribution >= 0.6 is 12.2 Å². The molecule has 1 aromatic rings. The molecule has 1 aromatic carbocycles. The lowest BCUT2D eigenvalue weighted by molar-refractivity contribution is 0.204. The molecule has 0 atom stereocenters. The number of nitrogens with zero attached hydrogens (tertiary/aromatic N) is 1. The van der Waals surface area contributed by atoms with E-state index in [0.717, 1.165) is 5.69 Å². The number of para-hydroxylation sites is 1. The topological polar surface area (TPSA) is 36.5 Å². The fraction of sp³-hybridized carbons (Fsp3) is 0.364. The number of thiocarbonyl (C=S) groups is 1. The Hall–Kier alpha value is -1.33. The lowest BCUT2D eigenvalue weighted by atomic mass is 10.3. The van der Waals surface area contributed by atoms with E-state index in [-0.39, 0.29) is 0 Å². The fourth-order valence-corrected chi connectivity index (χ4v) is 1.41. The first kappa shape index (κ1) is 12.7. The summed E-state index contributed by atoms with van der Waals surface area (Å²) < 4.78 is 4.92. The van der Waals surface area contributed by atoms with Gasteiger partial charge >= 0.3 is 0 Å². The third-order valence-corrected chi connectivity index (χ3v) is 2.24. The van der Waals surface area contributed by atoms with Crippen molar-refractivity contribution in [1.82, 2.24) is 10.7 Å². The maximum atomic E-state index is 5.12. The summed E-state index contributed by atoms with van der Waals surface area (Å²) >= 11 is 5.12. The van der Waals surface area contributed by atoms with Crippen LogP contribution in [0.2, 0.25) is 0 Å². The lowest BCUT2D eigenvalue weighted by Gasteiger charge is -2.22. The van der Waals surface area contributed by atoms with Crippen molar-refractivity contribution in [2.24, 2.45) is 0 Å². The number of hydrogen-bond acceptors (Lipinski definition) is 3. The van der Waals surface area contributed by atoms with Gasteiger partial charge in [0.1, 0.15) is 0 Å². The average molecular weight is 239 g/mol. The van der Waals surface area contributed by atoms with Crippen molar-refractivity contribution in [3.63, 3.8) is 0 Å². The van der Waals surface area contributed by atoms with Crippen molar-refractivity contribution in [3.8, 4) is 0 Å². The Kier molecular flexibility index (Phi) is 5.60. The molecule has 5 heteroatoms. The fourth-order valence-electron chi connectivity index (χ4n) is 1.17. The minimum atomic E-state index is 0.586. The van der Waals surface area contributed by atoms with Crippen LogP contribution in [-0.4, -0.2) is 32.4 Å². The first-order valence-electron chi connectivity index (χ1n) is 5.06. The summed E-state index contributed by atoms with van der Waals surface area (Å²) in [6.45, 7) is 1.34. The van der Waals surface area contributed by atoms with Crippen LogP contribution in [0.1, 0.15) is 0 Å². The van der Waals surface area contributed by atoms with Crippen LogP contribution < -0.4 is 15.8 Å². The minimum absolute atomic E-state index is 0.586. The van der Waals surface area contributed by atoms with Crippen LogP contribution in [0.5, 0.6) is 0 Å². The van der Waals surface area contributed by atoms with E-state index in [1.807, 2.05) is 42.4 Å². The maximum Gasteiger partial charge on any atom is 0.185 e. The molecule has 0 unspecified atom stereocenters. The molecule has 88 valence electrons. The zero-order chi connectivity index (χ0) is 11.8. The molecule has 0 spiro atoms. The zero-order valence-electron chi connectivity index (χ0n) is 9.56. The van der Waals surface area contributed by atoms with Gasteiger partial charge in [-0.25, -0.2) is 0 Å². The van der Waals surface area contributed by atoms with E-state index < -0.39 is 0 Å². The molecule has 0 radical (unpaired) electrons. The second-order valence-electron chi connectivity index (χ2n) is 3.26. The number of anilines is 1. The molecule has 0 aromatic heterocycles. The van der Waals surface area contributed by atoms with Gasteiger partial charge in [-0.3, -0.25) is 10.4 Å². The molecule has 0 amide bonds. The molecule has 4 nitrogen and oxygen atoms in total. The molecule has 16 heavy (non-hydrogen) atoms. The number of rotatable bonds is 5. The SMILES string of the molecule is COCCNC(=S)NN(C)c1ccccc1. The number of hydrogen-bond donors (Lipinski definition) is 2. The Morgan fingerprint density at radius 3 is 2.69 bits per heavy atom. The largest absolute Gasteiger partial charge is 0.383 e. The second-order valence-corrected chi connectivity index (χ2v) is 3.66. The van der Waals surface area contributed by atoms with Gasteiger partial charge in [0.15, 0.2) is 5.11 Å². The molecule has 0 aliphatic rings. The average Bonchev–Trinajstić information content (AvgIpc) is 2.30. The van der Waals surface area contributed by atoms with Gasteiger partial charge in [-0.15, -0.1) is 0 Å². The van der Waals surface area contributed by atoms with Gasteiger partial charge in [-0.05, 0) is 24.4 Å². The first-order chi connectivity index (χ1) is 7.74. The third kappa shape index (κ3) is 4.46. The smallest absolute Gasteiger partial charge is 0.185 e. The van der Waals surface area contributed by atoms with Crippen molar-refractivity contribution in [2.75, 3.05) is 32.3 Å². The number of hydrazine groups is 1. The summed E-state index contributed by atoms with van der Waals surface area (Å²) in [5, 5.41) is 5.49. The van der Waals surface area contributed by atoms with Gasteiger partial charge in [0.05, 0.1) is 12.3 Å². The van der Waals surface area contributed by atoms with Crippen molar-refractivity contribution < 1.29 is 4.74 Å². The molecule has 0 saturated carbocycles. The monoisotopic (exact) mass is 239 g/mol. The van der Waals surface area contributed by atoms with Crippen molar-refractivity contribution in [1.29, 1.82) is 0 Å². The molecule has 0 bridgehead atoms. The van der Waals surface area contributed by atoms with Crippen molar-refractivity contribution >= 4 is 23.0 Å². The zero-order valence-corrected chi connectivity index (χ0v) is 10.4. The van der Waals surface area contributed by atoms with E-state index in [4.69, 9.17) is 17.0 Å². The van der Waals surface area contributed by atoms with Gasteiger partial charge in [0.2, 0.25) is 0 Å². The summed E-state index contributed by atoms with van der Waals surface area (Å²) in [5.74, 6) is 0. The van der Waals surface area contributed by atoms with E-state index in [1.165, 1.54) is 0 Å². The van der Waals surface area contributed by atoms with E-state index in [0.29, 0.717) is 18.3 Å². The van der Waals surface area contributed by atoms with Crippen LogP contribution in [0, 0.1) is 0 Å². The summed E-state index contributed by atoms with van der Waals surface area (Å²) in [6, 6.07) is 9.95. The van der Waals surface area contributed by atoms with Crippen molar-refractivity contribution in [2.45, 2.75) is 0 Å². The Morgan fingerprint density at radius 2 is 2.06 bits per heavy atom. The molecule has 0 heterocycles. The Labute approximate surface area is 102 Å². The highest BCUT2D eigenvalue weighted by Gasteiger charge is 2.00. The second kappa shape index (κ2) is 7.03. The van der Waals surface area contributed by atoms with Crippen LogP contribution in [0.4, 0.5) is 5.69 Å². The van der Waals surface area contributed by atoms with Gasteiger partial charge < -0.3 is 10.1 Å². The predicted octanol–water partition coefficient (Wildman–Crippen LogP) is 1.15. The molecule has 0 fully saturated rings.